The van der Waals surface area contributed by atoms with Gasteiger partial charge >= 0.3 is 5.97 Å². The molecule has 2 heterocycles. The SMILES string of the molecule is CC(C)OC(=O)CSc1nc2scc(-c3ccccc3)c2c(=O)n1C. The first-order valence-corrected chi connectivity index (χ1v) is 9.70. The van der Waals surface area contributed by atoms with E-state index in [4.69, 9.17) is 4.74 Å². The van der Waals surface area contributed by atoms with Crippen LogP contribution in [-0.2, 0) is 16.6 Å². The van der Waals surface area contributed by atoms with Crippen LogP contribution in [0.4, 0.5) is 0 Å². The summed E-state index contributed by atoms with van der Waals surface area (Å²) in [5, 5.41) is 3.09. The third-order valence-electron chi connectivity index (χ3n) is 3.55. The Bertz CT molecular complexity index is 962. The van der Waals surface area contributed by atoms with Crippen molar-refractivity contribution < 1.29 is 9.53 Å². The number of aromatic nitrogens is 2. The summed E-state index contributed by atoms with van der Waals surface area (Å²) in [4.78, 5) is 29.8. The Hall–Kier alpha value is -2.12. The van der Waals surface area contributed by atoms with Crippen LogP contribution in [0.15, 0.2) is 45.7 Å². The smallest absolute Gasteiger partial charge is 0.316 e. The van der Waals surface area contributed by atoms with Crippen molar-refractivity contribution in [2.75, 3.05) is 5.75 Å². The van der Waals surface area contributed by atoms with Gasteiger partial charge in [0.05, 0.1) is 17.2 Å². The number of thioether (sulfide) groups is 1. The predicted molar refractivity (Wildman–Crippen MR) is 102 cm³/mol. The fourth-order valence-electron chi connectivity index (χ4n) is 2.43. The van der Waals surface area contributed by atoms with Crippen molar-refractivity contribution in [1.82, 2.24) is 9.55 Å². The van der Waals surface area contributed by atoms with Crippen molar-refractivity contribution in [3.8, 4) is 11.1 Å². The lowest BCUT2D eigenvalue weighted by Crippen LogP contribution is -2.21. The van der Waals surface area contributed by atoms with Crippen LogP contribution in [0, 0.1) is 0 Å². The fraction of sp³-hybridized carbons (Fsp3) is 0.278. The molecule has 0 atom stereocenters. The van der Waals surface area contributed by atoms with Gasteiger partial charge < -0.3 is 4.74 Å². The summed E-state index contributed by atoms with van der Waals surface area (Å²) in [6.07, 6.45) is -0.155. The molecule has 0 radical (unpaired) electrons. The predicted octanol–water partition coefficient (Wildman–Crippen LogP) is 3.71. The molecule has 130 valence electrons. The Morgan fingerprint density at radius 2 is 2.04 bits per heavy atom. The zero-order valence-electron chi connectivity index (χ0n) is 14.2. The monoisotopic (exact) mass is 374 g/mol. The molecule has 25 heavy (non-hydrogen) atoms. The molecule has 0 N–H and O–H groups in total. The summed E-state index contributed by atoms with van der Waals surface area (Å²) < 4.78 is 6.61. The van der Waals surface area contributed by atoms with E-state index in [2.05, 4.69) is 4.98 Å². The highest BCUT2D eigenvalue weighted by Crippen LogP contribution is 2.31. The van der Waals surface area contributed by atoms with Gasteiger partial charge in [-0.2, -0.15) is 0 Å². The Morgan fingerprint density at radius 1 is 1.32 bits per heavy atom. The molecule has 0 bridgehead atoms. The van der Waals surface area contributed by atoms with Crippen molar-refractivity contribution in [2.45, 2.75) is 25.1 Å². The first kappa shape index (κ1) is 17.7. The minimum absolute atomic E-state index is 0.107. The molecular formula is C18H18N2O3S2. The number of esters is 1. The van der Waals surface area contributed by atoms with Gasteiger partial charge in [0.25, 0.3) is 5.56 Å². The zero-order chi connectivity index (χ0) is 18.0. The molecule has 0 unspecified atom stereocenters. The minimum atomic E-state index is -0.314. The lowest BCUT2D eigenvalue weighted by molar-refractivity contribution is -0.144. The van der Waals surface area contributed by atoms with Crippen LogP contribution < -0.4 is 5.56 Å². The van der Waals surface area contributed by atoms with Crippen molar-refractivity contribution >= 4 is 39.3 Å². The number of nitrogens with zero attached hydrogens (tertiary/aromatic N) is 2. The number of benzene rings is 1. The second-order valence-electron chi connectivity index (χ2n) is 5.78. The van der Waals surface area contributed by atoms with Crippen LogP contribution in [0.2, 0.25) is 0 Å². The van der Waals surface area contributed by atoms with Crippen molar-refractivity contribution in [3.63, 3.8) is 0 Å². The molecule has 0 saturated carbocycles. The van der Waals surface area contributed by atoms with E-state index in [0.29, 0.717) is 15.4 Å². The van der Waals surface area contributed by atoms with Gasteiger partial charge in [-0.1, -0.05) is 42.1 Å². The number of hydrogen-bond donors (Lipinski definition) is 0. The molecule has 0 aliphatic heterocycles. The highest BCUT2D eigenvalue weighted by Gasteiger charge is 2.16. The quantitative estimate of drug-likeness (QED) is 0.387. The molecule has 0 amide bonds. The van der Waals surface area contributed by atoms with Gasteiger partial charge in [0.2, 0.25) is 0 Å². The Balaban J connectivity index is 1.95. The molecule has 0 aliphatic rings. The molecule has 7 heteroatoms. The van der Waals surface area contributed by atoms with E-state index >= 15 is 0 Å². The molecular weight excluding hydrogens is 356 g/mol. The van der Waals surface area contributed by atoms with Gasteiger partial charge in [-0.3, -0.25) is 14.2 Å². The number of carbonyl (C=O) groups is 1. The second-order valence-corrected chi connectivity index (χ2v) is 7.58. The lowest BCUT2D eigenvalue weighted by atomic mass is 10.1. The van der Waals surface area contributed by atoms with Gasteiger partial charge in [0.1, 0.15) is 4.83 Å². The Kier molecular flexibility index (Phi) is 5.24. The van der Waals surface area contributed by atoms with E-state index in [1.807, 2.05) is 35.7 Å². The van der Waals surface area contributed by atoms with Crippen LogP contribution >= 0.6 is 23.1 Å². The van der Waals surface area contributed by atoms with Crippen LogP contribution in [0.3, 0.4) is 0 Å². The summed E-state index contributed by atoms with van der Waals surface area (Å²) >= 11 is 2.65. The topological polar surface area (TPSA) is 61.2 Å². The van der Waals surface area contributed by atoms with Crippen LogP contribution in [0.5, 0.6) is 0 Å². The third-order valence-corrected chi connectivity index (χ3v) is 5.42. The maximum Gasteiger partial charge on any atom is 0.316 e. The molecule has 0 spiro atoms. The Morgan fingerprint density at radius 3 is 2.72 bits per heavy atom. The normalized spacial score (nSPS) is 11.2. The number of ether oxygens (including phenoxy) is 1. The fourth-order valence-corrected chi connectivity index (χ4v) is 4.18. The van der Waals surface area contributed by atoms with Crippen LogP contribution in [0.1, 0.15) is 13.8 Å². The highest BCUT2D eigenvalue weighted by molar-refractivity contribution is 7.99. The lowest BCUT2D eigenvalue weighted by Gasteiger charge is -2.09. The molecule has 0 aliphatic carbocycles. The molecule has 2 aromatic heterocycles. The number of hydrogen-bond acceptors (Lipinski definition) is 6. The first-order valence-electron chi connectivity index (χ1n) is 7.83. The van der Waals surface area contributed by atoms with E-state index in [1.165, 1.54) is 27.7 Å². The summed E-state index contributed by atoms with van der Waals surface area (Å²) in [7, 11) is 1.68. The minimum Gasteiger partial charge on any atom is -0.462 e. The highest BCUT2D eigenvalue weighted by atomic mass is 32.2. The standard InChI is InChI=1S/C18H18N2O3S2/c1-11(2)23-14(21)10-25-18-19-16-15(17(22)20(18)3)13(9-24-16)12-7-5-4-6-8-12/h4-9,11H,10H2,1-3H3. The average molecular weight is 374 g/mol. The largest absolute Gasteiger partial charge is 0.462 e. The zero-order valence-corrected chi connectivity index (χ0v) is 15.8. The van der Waals surface area contributed by atoms with Crippen molar-refractivity contribution in [3.05, 3.63) is 46.1 Å². The van der Waals surface area contributed by atoms with Crippen molar-refractivity contribution in [1.29, 1.82) is 0 Å². The summed E-state index contributed by atoms with van der Waals surface area (Å²) in [5.74, 6) is -0.188. The average Bonchev–Trinajstić information content (AvgIpc) is 3.01. The number of thiophene rings is 1. The molecule has 1 aromatic carbocycles. The van der Waals surface area contributed by atoms with E-state index in [9.17, 15) is 9.59 Å². The van der Waals surface area contributed by atoms with E-state index in [1.54, 1.807) is 20.9 Å². The molecule has 3 rings (SSSR count). The maximum atomic E-state index is 12.8. The number of rotatable bonds is 5. The van der Waals surface area contributed by atoms with Crippen LogP contribution in [0.25, 0.3) is 21.3 Å². The summed E-state index contributed by atoms with van der Waals surface area (Å²) in [6.45, 7) is 3.61. The summed E-state index contributed by atoms with van der Waals surface area (Å²) in [6, 6.07) is 9.79. The summed E-state index contributed by atoms with van der Waals surface area (Å²) in [5.41, 5.74) is 1.78. The van der Waals surface area contributed by atoms with E-state index < -0.39 is 0 Å². The molecule has 0 fully saturated rings. The Labute approximate surface area is 153 Å². The molecule has 3 aromatic rings. The molecule has 0 saturated heterocycles. The van der Waals surface area contributed by atoms with Gasteiger partial charge in [-0.25, -0.2) is 4.98 Å². The first-order chi connectivity index (χ1) is 12.0. The number of carbonyl (C=O) groups excluding carboxylic acids is 1. The maximum absolute atomic E-state index is 12.8. The second kappa shape index (κ2) is 7.41. The van der Waals surface area contributed by atoms with Gasteiger partial charge in [-0.05, 0) is 19.4 Å². The van der Waals surface area contributed by atoms with Gasteiger partial charge in [0.15, 0.2) is 5.16 Å². The van der Waals surface area contributed by atoms with Gasteiger partial charge in [0, 0.05) is 18.0 Å². The van der Waals surface area contributed by atoms with E-state index in [-0.39, 0.29) is 23.4 Å². The van der Waals surface area contributed by atoms with Crippen LogP contribution in [-0.4, -0.2) is 27.4 Å². The number of fused-ring (bicyclic) bond motifs is 1. The van der Waals surface area contributed by atoms with Gasteiger partial charge in [-0.15, -0.1) is 11.3 Å². The third kappa shape index (κ3) is 3.77. The van der Waals surface area contributed by atoms with E-state index in [0.717, 1.165) is 11.1 Å². The van der Waals surface area contributed by atoms with Crippen molar-refractivity contribution in [2.24, 2.45) is 7.05 Å². The molecule has 5 nitrogen and oxygen atoms in total.